The second kappa shape index (κ2) is 13.8. The first-order chi connectivity index (χ1) is 18.0. The number of nitrogens with one attached hydrogen (secondary N) is 1. The molecule has 15 atom stereocenters. The van der Waals surface area contributed by atoms with Gasteiger partial charge in [0.1, 0.15) is 54.9 Å². The molecule has 3 aliphatic rings. The van der Waals surface area contributed by atoms with Crippen LogP contribution in [-0.2, 0) is 18.9 Å². The van der Waals surface area contributed by atoms with E-state index < -0.39 is 118 Å². The third kappa shape index (κ3) is 6.61. The fourth-order valence-corrected chi connectivity index (χ4v) is 5.03. The van der Waals surface area contributed by atoms with Crippen LogP contribution in [0.1, 0.15) is 6.42 Å². The van der Waals surface area contributed by atoms with Crippen molar-refractivity contribution in [3.8, 4) is 0 Å². The predicted molar refractivity (Wildman–Crippen MR) is 127 cm³/mol. The summed E-state index contributed by atoms with van der Waals surface area (Å²) >= 11 is 0. The van der Waals surface area contributed by atoms with E-state index in [9.17, 15) is 40.9 Å². The third-order valence-corrected chi connectivity index (χ3v) is 7.41. The summed E-state index contributed by atoms with van der Waals surface area (Å²) in [4.78, 5) is 0. The van der Waals surface area contributed by atoms with Crippen LogP contribution in [0.3, 0.4) is 0 Å². The van der Waals surface area contributed by atoms with Crippen LogP contribution in [0.25, 0.3) is 0 Å². The molecule has 0 amide bonds. The molecule has 38 heavy (non-hydrogen) atoms. The lowest BCUT2D eigenvalue weighted by molar-refractivity contribution is -0.320. The van der Waals surface area contributed by atoms with Gasteiger partial charge in [0.25, 0.3) is 0 Å². The van der Waals surface area contributed by atoms with Crippen molar-refractivity contribution >= 4 is 0 Å². The number of hydrogen-bond donors (Lipinski definition) is 13. The molecule has 2 heterocycles. The van der Waals surface area contributed by atoms with Gasteiger partial charge in [-0.2, -0.15) is 0 Å². The van der Waals surface area contributed by atoms with Gasteiger partial charge in [-0.05, 0) is 6.42 Å². The second-order valence-electron chi connectivity index (χ2n) is 10.0. The van der Waals surface area contributed by atoms with E-state index in [1.165, 1.54) is 0 Å². The fraction of sp³-hybridized carbons (Fsp3) is 1.00. The SMILES string of the molecule is NC[C@H]1O[C@H](O[C@H]2[C@H](O)[C@@H](O[C@H]3O[C@H](CO)[C@@H](O)[C@H](N)[C@H]3O)[C@H](NC(CO)CO)C[C@@H]2N)[C@H](N)[C@@H](O)[C@@H]1O. The molecule has 2 saturated heterocycles. The minimum Gasteiger partial charge on any atom is -0.395 e. The summed E-state index contributed by atoms with van der Waals surface area (Å²) in [5.74, 6) is 0. The molecule has 1 saturated carbocycles. The summed E-state index contributed by atoms with van der Waals surface area (Å²) in [6.45, 7) is -1.69. The van der Waals surface area contributed by atoms with Crippen molar-refractivity contribution in [2.75, 3.05) is 26.4 Å². The molecule has 0 bridgehead atoms. The number of nitrogens with two attached hydrogens (primary N) is 4. The zero-order valence-corrected chi connectivity index (χ0v) is 20.8. The molecule has 0 spiro atoms. The maximum atomic E-state index is 11.3. The Balaban J connectivity index is 1.83. The highest BCUT2D eigenvalue weighted by Crippen LogP contribution is 2.31. The van der Waals surface area contributed by atoms with Crippen molar-refractivity contribution in [3.63, 3.8) is 0 Å². The van der Waals surface area contributed by atoms with Crippen LogP contribution in [0.2, 0.25) is 0 Å². The molecule has 0 aromatic rings. The quantitative estimate of drug-likeness (QED) is 0.118. The fourth-order valence-electron chi connectivity index (χ4n) is 5.03. The van der Waals surface area contributed by atoms with Crippen LogP contribution in [0.5, 0.6) is 0 Å². The minimum atomic E-state index is -1.56. The van der Waals surface area contributed by atoms with Gasteiger partial charge in [0.15, 0.2) is 12.6 Å². The summed E-state index contributed by atoms with van der Waals surface area (Å²) in [7, 11) is 0. The van der Waals surface area contributed by atoms with Gasteiger partial charge in [0.2, 0.25) is 0 Å². The van der Waals surface area contributed by atoms with Gasteiger partial charge in [-0.3, -0.25) is 0 Å². The van der Waals surface area contributed by atoms with Gasteiger partial charge in [-0.15, -0.1) is 0 Å². The van der Waals surface area contributed by atoms with Crippen LogP contribution >= 0.6 is 0 Å². The molecule has 3 fully saturated rings. The Morgan fingerprint density at radius 2 is 1.34 bits per heavy atom. The molecular weight excluding hydrogens is 514 g/mol. The molecule has 17 heteroatoms. The number of aliphatic hydroxyl groups excluding tert-OH is 8. The van der Waals surface area contributed by atoms with Crippen LogP contribution in [0.15, 0.2) is 0 Å². The van der Waals surface area contributed by atoms with Crippen LogP contribution in [0.4, 0.5) is 0 Å². The van der Waals surface area contributed by atoms with Gasteiger partial charge in [0.05, 0.1) is 37.9 Å². The molecule has 2 aliphatic heterocycles. The molecule has 0 unspecified atom stereocenters. The Kier molecular flexibility index (Phi) is 11.6. The number of hydrogen-bond acceptors (Lipinski definition) is 17. The number of aliphatic hydroxyl groups is 8. The standard InChI is InChI=1S/C21H43N5O12/c22-2-9-14(31)15(32)12(25)20(35-9)37-18-7(23)1-8(26-6(3-27)4-28)19(17(18)34)38-21-16(33)11(24)13(30)10(5-29)36-21/h6-21,26-34H,1-5,22-25H2/t7-,8+,9+,10+,11-,12+,13+,14+,15+,16+,17-,18+,19-,20+,21+/m0/s1. The second-order valence-corrected chi connectivity index (χ2v) is 10.0. The highest BCUT2D eigenvalue weighted by atomic mass is 16.7. The van der Waals surface area contributed by atoms with Gasteiger partial charge in [-0.25, -0.2) is 0 Å². The summed E-state index contributed by atoms with van der Waals surface area (Å²) in [5, 5.41) is 84.1. The predicted octanol–water partition coefficient (Wildman–Crippen LogP) is -8.34. The average molecular weight is 558 g/mol. The van der Waals surface area contributed by atoms with Crippen LogP contribution in [0, 0.1) is 0 Å². The first-order valence-corrected chi connectivity index (χ1v) is 12.6. The molecule has 3 rings (SSSR count). The highest BCUT2D eigenvalue weighted by molar-refractivity contribution is 5.03. The van der Waals surface area contributed by atoms with Crippen molar-refractivity contribution in [2.24, 2.45) is 22.9 Å². The summed E-state index contributed by atoms with van der Waals surface area (Å²) in [5.41, 5.74) is 23.8. The highest BCUT2D eigenvalue weighted by Gasteiger charge is 2.52. The lowest BCUT2D eigenvalue weighted by Gasteiger charge is -2.49. The molecule has 1 aliphatic carbocycles. The lowest BCUT2D eigenvalue weighted by atomic mass is 9.83. The smallest absolute Gasteiger partial charge is 0.186 e. The van der Waals surface area contributed by atoms with E-state index in [1.54, 1.807) is 0 Å². The number of rotatable bonds is 10. The largest absolute Gasteiger partial charge is 0.395 e. The van der Waals surface area contributed by atoms with E-state index in [0.29, 0.717) is 0 Å². The van der Waals surface area contributed by atoms with Crippen molar-refractivity contribution in [3.05, 3.63) is 0 Å². The molecule has 224 valence electrons. The van der Waals surface area contributed by atoms with Crippen LogP contribution in [-0.4, -0.2) is 165 Å². The van der Waals surface area contributed by atoms with Crippen LogP contribution < -0.4 is 28.3 Å². The Morgan fingerprint density at radius 3 is 1.92 bits per heavy atom. The molecule has 17 nitrogen and oxygen atoms in total. The van der Waals surface area contributed by atoms with E-state index in [-0.39, 0.29) is 13.0 Å². The molecular formula is C21H43N5O12. The normalized spacial score (nSPS) is 48.4. The van der Waals surface area contributed by atoms with E-state index in [2.05, 4.69) is 5.32 Å². The van der Waals surface area contributed by atoms with Crippen molar-refractivity contribution < 1.29 is 59.8 Å². The maximum absolute atomic E-state index is 11.3. The third-order valence-electron chi connectivity index (χ3n) is 7.41. The lowest BCUT2D eigenvalue weighted by Crippen LogP contribution is -2.70. The first-order valence-electron chi connectivity index (χ1n) is 12.6. The zero-order valence-electron chi connectivity index (χ0n) is 20.8. The minimum absolute atomic E-state index is 0.0528. The van der Waals surface area contributed by atoms with Gasteiger partial charge in [-0.1, -0.05) is 0 Å². The van der Waals surface area contributed by atoms with Gasteiger partial charge < -0.3 is 88.1 Å². The van der Waals surface area contributed by atoms with Crippen molar-refractivity contribution in [1.82, 2.24) is 5.32 Å². The van der Waals surface area contributed by atoms with Gasteiger partial charge in [0, 0.05) is 18.6 Å². The topological polar surface area (TPSA) is 315 Å². The molecule has 17 N–H and O–H groups in total. The Morgan fingerprint density at radius 1 is 0.737 bits per heavy atom. The average Bonchev–Trinajstić information content (AvgIpc) is 2.91. The van der Waals surface area contributed by atoms with E-state index >= 15 is 0 Å². The zero-order chi connectivity index (χ0) is 28.3. The van der Waals surface area contributed by atoms with E-state index in [0.717, 1.165) is 0 Å². The Labute approximate surface area is 219 Å². The van der Waals surface area contributed by atoms with Crippen molar-refractivity contribution in [1.29, 1.82) is 0 Å². The van der Waals surface area contributed by atoms with E-state index in [1.807, 2.05) is 0 Å². The molecule has 0 aromatic carbocycles. The summed E-state index contributed by atoms with van der Waals surface area (Å²) < 4.78 is 22.9. The molecule has 0 radical (unpaired) electrons. The van der Waals surface area contributed by atoms with E-state index in [4.69, 9.17) is 41.9 Å². The summed E-state index contributed by atoms with van der Waals surface area (Å²) in [6, 6.07) is -4.98. The maximum Gasteiger partial charge on any atom is 0.186 e. The summed E-state index contributed by atoms with van der Waals surface area (Å²) in [6.07, 6.45) is -14.7. The number of ether oxygens (including phenoxy) is 4. The molecule has 0 aromatic heterocycles. The monoisotopic (exact) mass is 557 g/mol. The first kappa shape index (κ1) is 31.8. The van der Waals surface area contributed by atoms with Gasteiger partial charge >= 0.3 is 0 Å². The Hall–Kier alpha value is -0.680. The van der Waals surface area contributed by atoms with Crippen molar-refractivity contribution in [2.45, 2.75) is 104 Å². The Bertz CT molecular complexity index is 724.